The lowest BCUT2D eigenvalue weighted by atomic mass is 10.1. The van der Waals surface area contributed by atoms with Crippen molar-refractivity contribution >= 4 is 11.9 Å². The van der Waals surface area contributed by atoms with Gasteiger partial charge in [0.25, 0.3) is 5.91 Å². The first-order chi connectivity index (χ1) is 10.5. The zero-order valence-corrected chi connectivity index (χ0v) is 12.7. The zero-order chi connectivity index (χ0) is 16.1. The van der Waals surface area contributed by atoms with Gasteiger partial charge in [0.1, 0.15) is 11.5 Å². The SMILES string of the molecule is COC(=O)[C@H](c1ccccc1)N(C)C(=O)c1ccnc(C)n1. The molecule has 22 heavy (non-hydrogen) atoms. The second-order valence-corrected chi connectivity index (χ2v) is 4.74. The summed E-state index contributed by atoms with van der Waals surface area (Å²) in [6.07, 6.45) is 1.51. The Bertz CT molecular complexity index is 673. The fraction of sp³-hybridized carbons (Fsp3) is 0.250. The number of nitrogens with zero attached hydrogens (tertiary/aromatic N) is 3. The number of esters is 1. The van der Waals surface area contributed by atoms with Crippen molar-refractivity contribution in [3.8, 4) is 0 Å². The minimum absolute atomic E-state index is 0.236. The molecule has 2 aromatic rings. The van der Waals surface area contributed by atoms with Gasteiger partial charge >= 0.3 is 5.97 Å². The van der Waals surface area contributed by atoms with Gasteiger partial charge in [-0.3, -0.25) is 4.79 Å². The number of rotatable bonds is 4. The minimum atomic E-state index is -0.825. The van der Waals surface area contributed by atoms with E-state index < -0.39 is 12.0 Å². The lowest BCUT2D eigenvalue weighted by molar-refractivity contribution is -0.145. The number of aromatic nitrogens is 2. The van der Waals surface area contributed by atoms with Crippen LogP contribution in [-0.2, 0) is 9.53 Å². The average molecular weight is 299 g/mol. The molecule has 6 heteroatoms. The van der Waals surface area contributed by atoms with Crippen molar-refractivity contribution in [2.45, 2.75) is 13.0 Å². The number of hydrogen-bond donors (Lipinski definition) is 0. The first-order valence-corrected chi connectivity index (χ1v) is 6.74. The first-order valence-electron chi connectivity index (χ1n) is 6.74. The van der Waals surface area contributed by atoms with Crippen LogP contribution in [-0.4, -0.2) is 40.9 Å². The van der Waals surface area contributed by atoms with E-state index in [0.717, 1.165) is 0 Å². The second kappa shape index (κ2) is 6.80. The molecule has 0 saturated heterocycles. The maximum absolute atomic E-state index is 12.6. The Balaban J connectivity index is 2.35. The van der Waals surface area contributed by atoms with Crippen LogP contribution in [0.4, 0.5) is 0 Å². The standard InChI is InChI=1S/C16H17N3O3/c1-11-17-10-9-13(18-11)15(20)19(2)14(16(21)22-3)12-7-5-4-6-8-12/h4-10,14H,1-3H3/t14-/m0/s1. The summed E-state index contributed by atoms with van der Waals surface area (Å²) in [7, 11) is 2.85. The van der Waals surface area contributed by atoms with Crippen LogP contribution in [0.5, 0.6) is 0 Å². The number of ether oxygens (including phenoxy) is 1. The molecule has 0 fully saturated rings. The topological polar surface area (TPSA) is 72.4 Å². The van der Waals surface area contributed by atoms with Gasteiger partial charge in [0, 0.05) is 13.2 Å². The zero-order valence-electron chi connectivity index (χ0n) is 12.7. The number of carbonyl (C=O) groups excluding carboxylic acids is 2. The molecule has 6 nitrogen and oxygen atoms in total. The summed E-state index contributed by atoms with van der Waals surface area (Å²) in [5.74, 6) is -0.383. The van der Waals surface area contributed by atoms with E-state index in [1.54, 1.807) is 38.2 Å². The van der Waals surface area contributed by atoms with Gasteiger partial charge in [-0.05, 0) is 18.6 Å². The summed E-state index contributed by atoms with van der Waals surface area (Å²) in [6, 6.07) is 9.69. The predicted molar refractivity (Wildman–Crippen MR) is 80.1 cm³/mol. The van der Waals surface area contributed by atoms with Gasteiger partial charge in [0.2, 0.25) is 0 Å². The number of likely N-dealkylation sites (N-methyl/N-ethyl adjacent to an activating group) is 1. The van der Waals surface area contributed by atoms with Gasteiger partial charge in [0.05, 0.1) is 7.11 Å². The molecule has 0 bridgehead atoms. The van der Waals surface area contributed by atoms with E-state index in [0.29, 0.717) is 11.4 Å². The molecule has 2 rings (SSSR count). The van der Waals surface area contributed by atoms with Gasteiger partial charge in [-0.25, -0.2) is 14.8 Å². The number of carbonyl (C=O) groups is 2. The minimum Gasteiger partial charge on any atom is -0.467 e. The maximum Gasteiger partial charge on any atom is 0.333 e. The summed E-state index contributed by atoms with van der Waals surface area (Å²) >= 11 is 0. The fourth-order valence-corrected chi connectivity index (χ4v) is 2.14. The Labute approximate surface area is 128 Å². The molecular formula is C16H17N3O3. The molecule has 0 spiro atoms. The third-order valence-electron chi connectivity index (χ3n) is 3.24. The molecule has 0 saturated carbocycles. The number of aryl methyl sites for hydroxylation is 1. The molecule has 0 aliphatic carbocycles. The molecule has 1 aromatic carbocycles. The molecule has 1 aromatic heterocycles. The summed E-state index contributed by atoms with van der Waals surface area (Å²) in [4.78, 5) is 34.1. The van der Waals surface area contributed by atoms with Gasteiger partial charge in [0.15, 0.2) is 6.04 Å². The lowest BCUT2D eigenvalue weighted by Gasteiger charge is -2.26. The van der Waals surface area contributed by atoms with Gasteiger partial charge in [-0.15, -0.1) is 0 Å². The first kappa shape index (κ1) is 15.6. The van der Waals surface area contributed by atoms with Crippen molar-refractivity contribution in [1.29, 1.82) is 0 Å². The van der Waals surface area contributed by atoms with E-state index in [-0.39, 0.29) is 11.6 Å². The van der Waals surface area contributed by atoms with E-state index in [1.165, 1.54) is 24.3 Å². The molecule has 0 radical (unpaired) electrons. The average Bonchev–Trinajstić information content (AvgIpc) is 2.55. The number of hydrogen-bond acceptors (Lipinski definition) is 5. The van der Waals surface area contributed by atoms with E-state index in [1.807, 2.05) is 6.07 Å². The quantitative estimate of drug-likeness (QED) is 0.805. The van der Waals surface area contributed by atoms with Gasteiger partial charge in [-0.2, -0.15) is 0 Å². The van der Waals surface area contributed by atoms with Crippen LogP contribution in [0.2, 0.25) is 0 Å². The number of benzene rings is 1. The maximum atomic E-state index is 12.6. The largest absolute Gasteiger partial charge is 0.467 e. The van der Waals surface area contributed by atoms with E-state index in [4.69, 9.17) is 4.74 Å². The molecule has 0 aliphatic rings. The third-order valence-corrected chi connectivity index (χ3v) is 3.24. The monoisotopic (exact) mass is 299 g/mol. The Kier molecular flexibility index (Phi) is 4.83. The molecule has 0 N–H and O–H groups in total. The highest BCUT2D eigenvalue weighted by atomic mass is 16.5. The van der Waals surface area contributed by atoms with Crippen LogP contribution in [0.3, 0.4) is 0 Å². The van der Waals surface area contributed by atoms with Crippen molar-refractivity contribution in [3.05, 3.63) is 59.7 Å². The molecule has 0 unspecified atom stereocenters. The fourth-order valence-electron chi connectivity index (χ4n) is 2.14. The van der Waals surface area contributed by atoms with Crippen molar-refractivity contribution in [2.24, 2.45) is 0 Å². The smallest absolute Gasteiger partial charge is 0.333 e. The van der Waals surface area contributed by atoms with Crippen LogP contribution in [0.15, 0.2) is 42.6 Å². The van der Waals surface area contributed by atoms with Crippen LogP contribution in [0.25, 0.3) is 0 Å². The van der Waals surface area contributed by atoms with E-state index >= 15 is 0 Å². The molecular weight excluding hydrogens is 282 g/mol. The highest BCUT2D eigenvalue weighted by Gasteiger charge is 2.30. The Morgan fingerprint density at radius 1 is 1.18 bits per heavy atom. The van der Waals surface area contributed by atoms with Crippen molar-refractivity contribution in [1.82, 2.24) is 14.9 Å². The van der Waals surface area contributed by atoms with Crippen LogP contribution < -0.4 is 0 Å². The Morgan fingerprint density at radius 3 is 2.45 bits per heavy atom. The summed E-state index contributed by atoms with van der Waals surface area (Å²) in [6.45, 7) is 1.70. The van der Waals surface area contributed by atoms with E-state index in [9.17, 15) is 9.59 Å². The Hall–Kier alpha value is -2.76. The van der Waals surface area contributed by atoms with Crippen molar-refractivity contribution in [3.63, 3.8) is 0 Å². The summed E-state index contributed by atoms with van der Waals surface area (Å²) in [5.41, 5.74) is 0.913. The van der Waals surface area contributed by atoms with Crippen LogP contribution in [0.1, 0.15) is 27.9 Å². The van der Waals surface area contributed by atoms with Gasteiger partial charge in [-0.1, -0.05) is 30.3 Å². The highest BCUT2D eigenvalue weighted by Crippen LogP contribution is 2.22. The summed E-state index contributed by atoms with van der Waals surface area (Å²) in [5, 5.41) is 0. The second-order valence-electron chi connectivity index (χ2n) is 4.74. The lowest BCUT2D eigenvalue weighted by Crippen LogP contribution is -2.37. The third kappa shape index (κ3) is 3.28. The van der Waals surface area contributed by atoms with Crippen LogP contribution >= 0.6 is 0 Å². The van der Waals surface area contributed by atoms with Gasteiger partial charge < -0.3 is 9.64 Å². The summed E-state index contributed by atoms with van der Waals surface area (Å²) < 4.78 is 4.83. The molecule has 1 heterocycles. The molecule has 114 valence electrons. The molecule has 1 amide bonds. The number of methoxy groups -OCH3 is 1. The van der Waals surface area contributed by atoms with Crippen molar-refractivity contribution < 1.29 is 14.3 Å². The van der Waals surface area contributed by atoms with Crippen molar-refractivity contribution in [2.75, 3.05) is 14.2 Å². The van der Waals surface area contributed by atoms with Crippen LogP contribution in [0, 0.1) is 6.92 Å². The highest BCUT2D eigenvalue weighted by molar-refractivity contribution is 5.95. The number of amides is 1. The van der Waals surface area contributed by atoms with E-state index in [2.05, 4.69) is 9.97 Å². The molecule has 0 aliphatic heterocycles. The predicted octanol–water partition coefficient (Wildman–Crippen LogP) is 1.77. The normalized spacial score (nSPS) is 11.6. The molecule has 1 atom stereocenters. The Morgan fingerprint density at radius 2 is 1.86 bits per heavy atom.